The lowest BCUT2D eigenvalue weighted by molar-refractivity contribution is -0.141. The van der Waals surface area contributed by atoms with Crippen molar-refractivity contribution in [2.24, 2.45) is 0 Å². The molecule has 0 radical (unpaired) electrons. The predicted molar refractivity (Wildman–Crippen MR) is 61.0 cm³/mol. The molecule has 4 nitrogen and oxygen atoms in total. The van der Waals surface area contributed by atoms with E-state index < -0.39 is 12.0 Å². The molecule has 0 aromatic heterocycles. The predicted octanol–water partition coefficient (Wildman–Crippen LogP) is 2.19. The Labute approximate surface area is 99.0 Å². The van der Waals surface area contributed by atoms with Crippen molar-refractivity contribution >= 4 is 23.3 Å². The fourth-order valence-corrected chi connectivity index (χ4v) is 1.37. The normalized spacial score (nSPS) is 11.4. The zero-order valence-corrected chi connectivity index (χ0v) is 9.73. The molecule has 16 heavy (non-hydrogen) atoms. The van der Waals surface area contributed by atoms with E-state index in [1.807, 2.05) is 6.19 Å². The number of methoxy groups -OCH3 is 1. The SMILES string of the molecule is COC(=O)C(C)N(C#N)c1ccc(Cl)cc1. The van der Waals surface area contributed by atoms with Crippen LogP contribution in [0.5, 0.6) is 0 Å². The van der Waals surface area contributed by atoms with E-state index in [4.69, 9.17) is 16.9 Å². The van der Waals surface area contributed by atoms with Crippen molar-refractivity contribution in [3.8, 4) is 6.19 Å². The monoisotopic (exact) mass is 238 g/mol. The summed E-state index contributed by atoms with van der Waals surface area (Å²) in [6, 6.07) is 6.00. The first-order valence-corrected chi connectivity index (χ1v) is 5.00. The molecule has 1 atom stereocenters. The third-order valence-electron chi connectivity index (χ3n) is 2.14. The fourth-order valence-electron chi connectivity index (χ4n) is 1.25. The molecule has 1 rings (SSSR count). The number of hydrogen-bond donors (Lipinski definition) is 0. The summed E-state index contributed by atoms with van der Waals surface area (Å²) in [5.41, 5.74) is 0.602. The molecule has 0 aliphatic rings. The third-order valence-corrected chi connectivity index (χ3v) is 2.39. The standard InChI is InChI=1S/C11H11ClN2O2/c1-8(11(15)16-2)14(7-13)10-5-3-9(12)4-6-10/h3-6,8H,1-2H3. The van der Waals surface area contributed by atoms with Crippen LogP contribution in [0.3, 0.4) is 0 Å². The molecular weight excluding hydrogens is 228 g/mol. The second-order valence-electron chi connectivity index (χ2n) is 3.15. The number of anilines is 1. The summed E-state index contributed by atoms with van der Waals surface area (Å²) >= 11 is 5.74. The zero-order chi connectivity index (χ0) is 12.1. The van der Waals surface area contributed by atoms with Gasteiger partial charge in [0, 0.05) is 5.02 Å². The second-order valence-corrected chi connectivity index (χ2v) is 3.58. The number of rotatable bonds is 3. The van der Waals surface area contributed by atoms with Gasteiger partial charge in [-0.3, -0.25) is 4.90 Å². The summed E-state index contributed by atoms with van der Waals surface area (Å²) in [6.07, 6.45) is 1.94. The minimum absolute atomic E-state index is 0.462. The topological polar surface area (TPSA) is 53.3 Å². The average Bonchev–Trinajstić information content (AvgIpc) is 2.31. The number of carbonyl (C=O) groups excluding carboxylic acids is 1. The first-order chi connectivity index (χ1) is 7.60. The average molecular weight is 239 g/mol. The van der Waals surface area contributed by atoms with Crippen molar-refractivity contribution in [2.75, 3.05) is 12.0 Å². The van der Waals surface area contributed by atoms with Gasteiger partial charge in [-0.25, -0.2) is 4.79 Å². The Kier molecular flexibility index (Phi) is 4.15. The number of hydrogen-bond acceptors (Lipinski definition) is 4. The molecule has 0 fully saturated rings. The Morgan fingerprint density at radius 3 is 2.50 bits per heavy atom. The summed E-state index contributed by atoms with van der Waals surface area (Å²) in [5.74, 6) is -0.462. The largest absolute Gasteiger partial charge is 0.467 e. The van der Waals surface area contributed by atoms with Crippen molar-refractivity contribution in [1.82, 2.24) is 0 Å². The number of ether oxygens (including phenoxy) is 1. The van der Waals surface area contributed by atoms with Crippen LogP contribution >= 0.6 is 11.6 Å². The van der Waals surface area contributed by atoms with Gasteiger partial charge >= 0.3 is 5.97 Å². The number of nitrogens with zero attached hydrogens (tertiary/aromatic N) is 2. The van der Waals surface area contributed by atoms with Crippen LogP contribution in [-0.2, 0) is 9.53 Å². The van der Waals surface area contributed by atoms with Gasteiger partial charge in [-0.2, -0.15) is 5.26 Å². The zero-order valence-electron chi connectivity index (χ0n) is 8.98. The molecule has 0 amide bonds. The van der Waals surface area contributed by atoms with Crippen LogP contribution in [0.25, 0.3) is 0 Å². The molecule has 0 saturated heterocycles. The van der Waals surface area contributed by atoms with Crippen LogP contribution in [-0.4, -0.2) is 19.1 Å². The summed E-state index contributed by atoms with van der Waals surface area (Å²) < 4.78 is 4.58. The molecule has 0 bridgehead atoms. The molecule has 0 N–H and O–H groups in total. The van der Waals surface area contributed by atoms with Gasteiger partial charge in [0.05, 0.1) is 12.8 Å². The summed E-state index contributed by atoms with van der Waals surface area (Å²) in [6.45, 7) is 1.60. The van der Waals surface area contributed by atoms with Crippen molar-refractivity contribution < 1.29 is 9.53 Å². The molecule has 0 aliphatic heterocycles. The maximum Gasteiger partial charge on any atom is 0.329 e. The lowest BCUT2D eigenvalue weighted by Crippen LogP contribution is -2.36. The van der Waals surface area contributed by atoms with Gasteiger partial charge in [-0.1, -0.05) is 11.6 Å². The van der Waals surface area contributed by atoms with Gasteiger partial charge in [0.1, 0.15) is 6.04 Å². The number of benzene rings is 1. The highest BCUT2D eigenvalue weighted by Crippen LogP contribution is 2.19. The number of halogens is 1. The van der Waals surface area contributed by atoms with Crippen molar-refractivity contribution in [1.29, 1.82) is 5.26 Å². The Morgan fingerprint density at radius 2 is 2.06 bits per heavy atom. The molecule has 5 heteroatoms. The Hall–Kier alpha value is -1.73. The van der Waals surface area contributed by atoms with Crippen molar-refractivity contribution in [2.45, 2.75) is 13.0 Å². The van der Waals surface area contributed by atoms with E-state index in [1.165, 1.54) is 12.0 Å². The molecule has 84 valence electrons. The van der Waals surface area contributed by atoms with Crippen LogP contribution in [0.2, 0.25) is 5.02 Å². The van der Waals surface area contributed by atoms with E-state index >= 15 is 0 Å². The summed E-state index contributed by atoms with van der Waals surface area (Å²) in [7, 11) is 1.29. The van der Waals surface area contributed by atoms with Crippen molar-refractivity contribution in [3.63, 3.8) is 0 Å². The lowest BCUT2D eigenvalue weighted by atomic mass is 10.2. The van der Waals surface area contributed by atoms with Gasteiger partial charge in [-0.15, -0.1) is 0 Å². The van der Waals surface area contributed by atoms with Crippen LogP contribution in [0.15, 0.2) is 24.3 Å². The first kappa shape index (κ1) is 12.3. The maximum atomic E-state index is 11.3. The van der Waals surface area contributed by atoms with Gasteiger partial charge in [0.15, 0.2) is 6.19 Å². The molecule has 1 unspecified atom stereocenters. The van der Waals surface area contributed by atoms with Crippen LogP contribution in [0, 0.1) is 11.5 Å². The highest BCUT2D eigenvalue weighted by molar-refractivity contribution is 6.30. The minimum atomic E-state index is -0.656. The maximum absolute atomic E-state index is 11.3. The summed E-state index contributed by atoms with van der Waals surface area (Å²) in [4.78, 5) is 12.6. The molecule has 0 heterocycles. The smallest absolute Gasteiger partial charge is 0.329 e. The van der Waals surface area contributed by atoms with Gasteiger partial charge in [-0.05, 0) is 31.2 Å². The third kappa shape index (κ3) is 2.65. The molecule has 1 aromatic carbocycles. The lowest BCUT2D eigenvalue weighted by Gasteiger charge is -2.21. The Bertz CT molecular complexity index is 411. The van der Waals surface area contributed by atoms with Gasteiger partial charge < -0.3 is 4.74 Å². The van der Waals surface area contributed by atoms with Gasteiger partial charge in [0.25, 0.3) is 0 Å². The van der Waals surface area contributed by atoms with E-state index in [0.717, 1.165) is 0 Å². The van der Waals surface area contributed by atoms with E-state index in [2.05, 4.69) is 4.74 Å². The number of nitriles is 1. The van der Waals surface area contributed by atoms with Crippen LogP contribution < -0.4 is 4.90 Å². The highest BCUT2D eigenvalue weighted by Gasteiger charge is 2.22. The number of carbonyl (C=O) groups is 1. The molecule has 0 saturated carbocycles. The van der Waals surface area contributed by atoms with Gasteiger partial charge in [0.2, 0.25) is 0 Å². The molecule has 1 aromatic rings. The Balaban J connectivity index is 2.95. The quantitative estimate of drug-likeness (QED) is 0.460. The van der Waals surface area contributed by atoms with E-state index in [0.29, 0.717) is 10.7 Å². The van der Waals surface area contributed by atoms with Crippen molar-refractivity contribution in [3.05, 3.63) is 29.3 Å². The second kappa shape index (κ2) is 5.38. The highest BCUT2D eigenvalue weighted by atomic mass is 35.5. The molecule has 0 spiro atoms. The number of esters is 1. The van der Waals surface area contributed by atoms with E-state index in [9.17, 15) is 4.79 Å². The Morgan fingerprint density at radius 1 is 1.50 bits per heavy atom. The molecule has 0 aliphatic carbocycles. The van der Waals surface area contributed by atoms with E-state index in [1.54, 1.807) is 31.2 Å². The fraction of sp³-hybridized carbons (Fsp3) is 0.273. The minimum Gasteiger partial charge on any atom is -0.467 e. The molecular formula is C11H11ClN2O2. The first-order valence-electron chi connectivity index (χ1n) is 4.62. The van der Waals surface area contributed by atoms with Crippen LogP contribution in [0.4, 0.5) is 5.69 Å². The summed E-state index contributed by atoms with van der Waals surface area (Å²) in [5, 5.41) is 9.58. The van der Waals surface area contributed by atoms with Crippen LogP contribution in [0.1, 0.15) is 6.92 Å². The van der Waals surface area contributed by atoms with E-state index in [-0.39, 0.29) is 0 Å².